The Bertz CT molecular complexity index is 965. The van der Waals surface area contributed by atoms with Crippen LogP contribution in [0.3, 0.4) is 0 Å². The van der Waals surface area contributed by atoms with E-state index in [9.17, 15) is 9.59 Å². The molecule has 1 aliphatic rings. The molecule has 0 N–H and O–H groups in total. The third-order valence-electron chi connectivity index (χ3n) is 5.01. The van der Waals surface area contributed by atoms with Crippen LogP contribution in [0.4, 0.5) is 0 Å². The van der Waals surface area contributed by atoms with Crippen LogP contribution in [0.2, 0.25) is 0 Å². The largest absolute Gasteiger partial charge is 0.494 e. The molecule has 0 aliphatic carbocycles. The van der Waals surface area contributed by atoms with E-state index in [1.807, 2.05) is 39.0 Å². The van der Waals surface area contributed by atoms with Crippen LogP contribution in [0.5, 0.6) is 17.2 Å². The van der Waals surface area contributed by atoms with Gasteiger partial charge in [0.05, 0.1) is 19.3 Å². The molecular formula is C25H30O7. The molecule has 0 spiro atoms. The van der Waals surface area contributed by atoms with Gasteiger partial charge < -0.3 is 23.7 Å². The van der Waals surface area contributed by atoms with Crippen LogP contribution in [-0.4, -0.2) is 38.0 Å². The van der Waals surface area contributed by atoms with Gasteiger partial charge in [-0.25, -0.2) is 4.79 Å². The summed E-state index contributed by atoms with van der Waals surface area (Å²) in [4.78, 5) is 24.8. The van der Waals surface area contributed by atoms with E-state index in [-0.39, 0.29) is 19.2 Å². The lowest BCUT2D eigenvalue weighted by Gasteiger charge is -2.25. The van der Waals surface area contributed by atoms with Crippen LogP contribution in [-0.2, 0) is 27.1 Å². The lowest BCUT2D eigenvalue weighted by molar-refractivity contribution is -0.156. The van der Waals surface area contributed by atoms with Crippen LogP contribution in [0.1, 0.15) is 55.1 Å². The number of aryl methyl sites for hydroxylation is 1. The summed E-state index contributed by atoms with van der Waals surface area (Å²) in [6, 6.07) is 11.0. The molecule has 7 nitrogen and oxygen atoms in total. The van der Waals surface area contributed by atoms with Crippen molar-refractivity contribution in [2.45, 2.75) is 52.1 Å². The van der Waals surface area contributed by atoms with Crippen LogP contribution in [0.15, 0.2) is 36.4 Å². The zero-order chi connectivity index (χ0) is 23.1. The summed E-state index contributed by atoms with van der Waals surface area (Å²) in [5, 5.41) is 0. The predicted molar refractivity (Wildman–Crippen MR) is 118 cm³/mol. The predicted octanol–water partition coefficient (Wildman–Crippen LogP) is 4.49. The fraction of sp³-hybridized carbons (Fsp3) is 0.440. The second-order valence-electron chi connectivity index (χ2n) is 8.26. The molecule has 0 aromatic heterocycles. The molecule has 1 aliphatic heterocycles. The molecule has 3 rings (SSSR count). The van der Waals surface area contributed by atoms with Crippen molar-refractivity contribution in [2.75, 3.05) is 20.5 Å². The minimum absolute atomic E-state index is 0.143. The van der Waals surface area contributed by atoms with E-state index in [1.54, 1.807) is 18.2 Å². The Balaban J connectivity index is 1.60. The zero-order valence-corrected chi connectivity index (χ0v) is 19.1. The van der Waals surface area contributed by atoms with Gasteiger partial charge in [0.1, 0.15) is 11.4 Å². The summed E-state index contributed by atoms with van der Waals surface area (Å²) in [5.41, 5.74) is 1.40. The highest BCUT2D eigenvalue weighted by atomic mass is 16.7. The van der Waals surface area contributed by atoms with Crippen LogP contribution in [0, 0.1) is 0 Å². The maximum Gasteiger partial charge on any atom is 0.338 e. The average molecular weight is 443 g/mol. The molecule has 0 unspecified atom stereocenters. The maximum absolute atomic E-state index is 12.6. The lowest BCUT2D eigenvalue weighted by atomic mass is 9.97. The Kier molecular flexibility index (Phi) is 7.62. The first kappa shape index (κ1) is 23.4. The van der Waals surface area contributed by atoms with Crippen molar-refractivity contribution in [1.29, 1.82) is 0 Å². The average Bonchev–Trinajstić information content (AvgIpc) is 3.23. The molecule has 32 heavy (non-hydrogen) atoms. The van der Waals surface area contributed by atoms with E-state index >= 15 is 0 Å². The monoisotopic (exact) mass is 442 g/mol. The highest BCUT2D eigenvalue weighted by Crippen LogP contribution is 2.34. The molecule has 2 aromatic rings. The first-order valence-corrected chi connectivity index (χ1v) is 10.8. The normalized spacial score (nSPS) is 12.4. The molecule has 172 valence electrons. The molecule has 0 atom stereocenters. The van der Waals surface area contributed by atoms with Gasteiger partial charge in [-0.15, -0.1) is 0 Å². The Morgan fingerprint density at radius 3 is 2.59 bits per heavy atom. The Labute approximate surface area is 188 Å². The van der Waals surface area contributed by atoms with Gasteiger partial charge in [0.2, 0.25) is 6.79 Å². The quantitative estimate of drug-likeness (QED) is 0.502. The van der Waals surface area contributed by atoms with Gasteiger partial charge in [-0.2, -0.15) is 0 Å². The third kappa shape index (κ3) is 6.15. The Morgan fingerprint density at radius 2 is 1.84 bits per heavy atom. The molecule has 0 fully saturated rings. The van der Waals surface area contributed by atoms with Crippen molar-refractivity contribution < 1.29 is 33.3 Å². The fourth-order valence-electron chi connectivity index (χ4n) is 3.56. The van der Waals surface area contributed by atoms with Gasteiger partial charge in [0.25, 0.3) is 0 Å². The van der Waals surface area contributed by atoms with E-state index in [0.717, 1.165) is 17.7 Å². The summed E-state index contributed by atoms with van der Waals surface area (Å²) in [6.07, 6.45) is 1.90. The highest BCUT2D eigenvalue weighted by Gasteiger charge is 2.25. The van der Waals surface area contributed by atoms with E-state index < -0.39 is 11.6 Å². The first-order valence-electron chi connectivity index (χ1n) is 10.8. The second kappa shape index (κ2) is 10.4. The van der Waals surface area contributed by atoms with Gasteiger partial charge in [0, 0.05) is 12.8 Å². The number of benzene rings is 2. The number of carbonyl (C=O) groups is 2. The molecule has 1 heterocycles. The molecule has 7 heteroatoms. The number of methoxy groups -OCH3 is 1. The summed E-state index contributed by atoms with van der Waals surface area (Å²) in [5.74, 6) is 1.22. The van der Waals surface area contributed by atoms with Crippen molar-refractivity contribution in [3.63, 3.8) is 0 Å². The number of esters is 2. The smallest absolute Gasteiger partial charge is 0.338 e. The molecule has 0 saturated heterocycles. The minimum Gasteiger partial charge on any atom is -0.494 e. The van der Waals surface area contributed by atoms with Gasteiger partial charge >= 0.3 is 11.9 Å². The number of hydrogen-bond acceptors (Lipinski definition) is 7. The number of ether oxygens (including phenoxy) is 5. The molecule has 2 aromatic carbocycles. The van der Waals surface area contributed by atoms with Crippen LogP contribution in [0.25, 0.3) is 0 Å². The Morgan fingerprint density at radius 1 is 1.06 bits per heavy atom. The van der Waals surface area contributed by atoms with Crippen molar-refractivity contribution in [3.05, 3.63) is 53.1 Å². The second-order valence-corrected chi connectivity index (χ2v) is 8.26. The van der Waals surface area contributed by atoms with E-state index in [4.69, 9.17) is 23.7 Å². The van der Waals surface area contributed by atoms with Gasteiger partial charge in [0.15, 0.2) is 11.5 Å². The molecule has 0 amide bonds. The molecule has 0 radical (unpaired) electrons. The van der Waals surface area contributed by atoms with Gasteiger partial charge in [-0.3, -0.25) is 4.79 Å². The van der Waals surface area contributed by atoms with Crippen molar-refractivity contribution in [2.24, 2.45) is 0 Å². The molecule has 0 saturated carbocycles. The Hall–Kier alpha value is -3.22. The van der Waals surface area contributed by atoms with Crippen molar-refractivity contribution in [1.82, 2.24) is 0 Å². The fourth-order valence-corrected chi connectivity index (χ4v) is 3.56. The first-order chi connectivity index (χ1) is 15.3. The van der Waals surface area contributed by atoms with Crippen molar-refractivity contribution in [3.8, 4) is 17.2 Å². The molecular weight excluding hydrogens is 412 g/mol. The number of rotatable bonds is 10. The maximum atomic E-state index is 12.6. The number of carbonyl (C=O) groups excluding carboxylic acids is 2. The van der Waals surface area contributed by atoms with Gasteiger partial charge in [-0.1, -0.05) is 19.1 Å². The van der Waals surface area contributed by atoms with Crippen LogP contribution < -0.4 is 14.2 Å². The van der Waals surface area contributed by atoms with Crippen molar-refractivity contribution >= 4 is 11.9 Å². The number of hydrogen-bond donors (Lipinski definition) is 0. The van der Waals surface area contributed by atoms with E-state index in [0.29, 0.717) is 42.1 Å². The summed E-state index contributed by atoms with van der Waals surface area (Å²) >= 11 is 0. The zero-order valence-electron chi connectivity index (χ0n) is 19.1. The summed E-state index contributed by atoms with van der Waals surface area (Å²) in [7, 11) is 1.33. The third-order valence-corrected chi connectivity index (χ3v) is 5.01. The summed E-state index contributed by atoms with van der Waals surface area (Å²) < 4.78 is 27.0. The van der Waals surface area contributed by atoms with E-state index in [1.165, 1.54) is 7.11 Å². The standard InChI is InChI=1S/C25H30O7/c1-5-12-29-19-9-7-18(20(14-19)24(27)28-4)8-11-23(26)32-25(2,3)15-17-6-10-21-22(13-17)31-16-30-21/h6-7,9-10,13-14H,5,8,11-12,15-16H2,1-4H3. The lowest BCUT2D eigenvalue weighted by Crippen LogP contribution is -2.30. The highest BCUT2D eigenvalue weighted by molar-refractivity contribution is 5.91. The van der Waals surface area contributed by atoms with Crippen LogP contribution >= 0.6 is 0 Å². The topological polar surface area (TPSA) is 80.3 Å². The van der Waals surface area contributed by atoms with Gasteiger partial charge in [-0.05, 0) is 62.1 Å². The SMILES string of the molecule is CCCOc1ccc(CCC(=O)OC(C)(C)Cc2ccc3c(c2)OCO3)c(C(=O)OC)c1. The molecule has 0 bridgehead atoms. The number of fused-ring (bicyclic) bond motifs is 1. The summed E-state index contributed by atoms with van der Waals surface area (Å²) in [6.45, 7) is 6.53. The minimum atomic E-state index is -0.701. The van der Waals surface area contributed by atoms with E-state index in [2.05, 4.69) is 0 Å².